The topological polar surface area (TPSA) is 74.4 Å². The predicted molar refractivity (Wildman–Crippen MR) is 120 cm³/mol. The van der Waals surface area contributed by atoms with E-state index in [0.29, 0.717) is 50.6 Å². The first-order chi connectivity index (χ1) is 14.9. The number of piperazine rings is 1. The zero-order valence-corrected chi connectivity index (χ0v) is 18.8. The Balaban J connectivity index is 1.58. The third kappa shape index (κ3) is 5.82. The lowest BCUT2D eigenvalue weighted by Gasteiger charge is -2.36. The van der Waals surface area contributed by atoms with Gasteiger partial charge in [0.25, 0.3) is 0 Å². The van der Waals surface area contributed by atoms with Crippen molar-refractivity contribution in [3.8, 4) is 0 Å². The molecule has 0 aromatic heterocycles. The van der Waals surface area contributed by atoms with E-state index in [0.717, 1.165) is 17.8 Å². The summed E-state index contributed by atoms with van der Waals surface area (Å²) in [5.74, 6) is -0.474. The van der Waals surface area contributed by atoms with E-state index in [1.165, 1.54) is 18.1 Å². The summed E-state index contributed by atoms with van der Waals surface area (Å²) in [5.41, 5.74) is 0.914. The van der Waals surface area contributed by atoms with Gasteiger partial charge in [0.2, 0.25) is 5.91 Å². The number of ether oxygens (including phenoxy) is 2. The lowest BCUT2D eigenvalue weighted by molar-refractivity contribution is -0.135. The molecule has 0 spiro atoms. The molecule has 1 unspecified atom stereocenters. The van der Waals surface area contributed by atoms with Crippen LogP contribution in [-0.2, 0) is 14.3 Å². The molecule has 170 valence electrons. The van der Waals surface area contributed by atoms with Crippen LogP contribution in [0.1, 0.15) is 19.8 Å². The Kier molecular flexibility index (Phi) is 8.03. The fourth-order valence-corrected chi connectivity index (χ4v) is 4.00. The van der Waals surface area contributed by atoms with Crippen molar-refractivity contribution >= 4 is 40.6 Å². The quantitative estimate of drug-likeness (QED) is 0.606. The number of nitrogens with one attached hydrogen (secondary N) is 1. The first-order valence-corrected chi connectivity index (χ1v) is 10.9. The van der Waals surface area contributed by atoms with Crippen LogP contribution in [0.2, 0.25) is 0 Å². The molecular formula is C21H29FN4O4S. The van der Waals surface area contributed by atoms with Crippen molar-refractivity contribution in [1.29, 1.82) is 0 Å². The van der Waals surface area contributed by atoms with Crippen molar-refractivity contribution < 1.29 is 23.5 Å². The van der Waals surface area contributed by atoms with Crippen LogP contribution in [0.15, 0.2) is 18.2 Å². The summed E-state index contributed by atoms with van der Waals surface area (Å²) in [6.45, 7) is 4.95. The first-order valence-electron chi connectivity index (χ1n) is 10.5. The minimum absolute atomic E-state index is 0.0515. The van der Waals surface area contributed by atoms with Gasteiger partial charge in [-0.1, -0.05) is 19.1 Å². The number of amides is 2. The van der Waals surface area contributed by atoms with Crippen LogP contribution in [0.3, 0.4) is 0 Å². The number of carbonyl (C=O) groups is 2. The third-order valence-corrected chi connectivity index (χ3v) is 5.71. The van der Waals surface area contributed by atoms with Crippen molar-refractivity contribution in [2.45, 2.75) is 25.9 Å². The Bertz CT molecular complexity index is 817. The molecule has 2 aliphatic rings. The summed E-state index contributed by atoms with van der Waals surface area (Å²) in [4.78, 5) is 30.0. The third-order valence-electron chi connectivity index (χ3n) is 5.36. The number of hydrogen-bond donors (Lipinski definition) is 1. The monoisotopic (exact) mass is 452 g/mol. The van der Waals surface area contributed by atoms with E-state index in [2.05, 4.69) is 5.32 Å². The van der Waals surface area contributed by atoms with Crippen molar-refractivity contribution in [3.63, 3.8) is 0 Å². The van der Waals surface area contributed by atoms with Gasteiger partial charge in [0.05, 0.1) is 29.5 Å². The van der Waals surface area contributed by atoms with Crippen LogP contribution < -0.4 is 15.1 Å². The van der Waals surface area contributed by atoms with E-state index in [1.54, 1.807) is 17.0 Å². The highest BCUT2D eigenvalue weighted by atomic mass is 32.1. The Labute approximate surface area is 187 Å². The zero-order valence-electron chi connectivity index (χ0n) is 17.9. The number of methoxy groups -OCH3 is 1. The van der Waals surface area contributed by atoms with E-state index < -0.39 is 11.9 Å². The van der Waals surface area contributed by atoms with Gasteiger partial charge < -0.3 is 24.6 Å². The van der Waals surface area contributed by atoms with Gasteiger partial charge in [-0.2, -0.15) is 0 Å². The molecule has 2 amide bonds. The summed E-state index contributed by atoms with van der Waals surface area (Å²) >= 11 is 5.22. The molecule has 2 fully saturated rings. The number of cyclic esters (lactones) is 1. The number of anilines is 2. The van der Waals surface area contributed by atoms with Gasteiger partial charge >= 0.3 is 6.09 Å². The van der Waals surface area contributed by atoms with Crippen LogP contribution in [0.5, 0.6) is 0 Å². The zero-order chi connectivity index (χ0) is 22.4. The van der Waals surface area contributed by atoms with Gasteiger partial charge in [0.1, 0.15) is 18.5 Å². The maximum Gasteiger partial charge on any atom is 0.414 e. The molecule has 0 bridgehead atoms. The number of nitrogens with zero attached hydrogens (tertiary/aromatic N) is 3. The molecule has 1 N–H and O–H groups in total. The van der Waals surface area contributed by atoms with Gasteiger partial charge in [0.15, 0.2) is 0 Å². The van der Waals surface area contributed by atoms with E-state index in [-0.39, 0.29) is 18.6 Å². The molecule has 0 aliphatic carbocycles. The van der Waals surface area contributed by atoms with Crippen molar-refractivity contribution in [3.05, 3.63) is 24.0 Å². The van der Waals surface area contributed by atoms with Gasteiger partial charge in [-0.05, 0) is 31.0 Å². The molecule has 3 rings (SSSR count). The summed E-state index contributed by atoms with van der Waals surface area (Å²) in [6.07, 6.45) is 0.904. The molecule has 2 heterocycles. The largest absolute Gasteiger partial charge is 0.442 e. The van der Waals surface area contributed by atoms with Gasteiger partial charge in [0, 0.05) is 33.3 Å². The number of thiocarbonyl (C=S) groups is 1. The van der Waals surface area contributed by atoms with E-state index in [1.807, 2.05) is 11.8 Å². The molecular weight excluding hydrogens is 423 g/mol. The molecule has 0 radical (unpaired) electrons. The normalized spacial score (nSPS) is 18.9. The smallest absolute Gasteiger partial charge is 0.414 e. The Morgan fingerprint density at radius 1 is 1.32 bits per heavy atom. The number of hydrogen-bond acceptors (Lipinski definition) is 6. The van der Waals surface area contributed by atoms with Crippen molar-refractivity contribution in [1.82, 2.24) is 10.2 Å². The van der Waals surface area contributed by atoms with Crippen LogP contribution in [0.4, 0.5) is 20.6 Å². The Hall–Kier alpha value is -2.46. The summed E-state index contributed by atoms with van der Waals surface area (Å²) in [6, 6.07) is 4.75. The van der Waals surface area contributed by atoms with Crippen molar-refractivity contribution in [2.75, 3.05) is 62.8 Å². The van der Waals surface area contributed by atoms with E-state index in [9.17, 15) is 14.0 Å². The molecule has 1 aromatic rings. The van der Waals surface area contributed by atoms with Gasteiger partial charge in [-0.15, -0.1) is 0 Å². The second-order valence-electron chi connectivity index (χ2n) is 7.61. The van der Waals surface area contributed by atoms with E-state index in [4.69, 9.17) is 21.7 Å². The highest BCUT2D eigenvalue weighted by Gasteiger charge is 2.33. The molecule has 1 atom stereocenters. The highest BCUT2D eigenvalue weighted by molar-refractivity contribution is 7.80. The number of halogens is 1. The summed E-state index contributed by atoms with van der Waals surface area (Å²) in [7, 11) is 1.49. The maximum atomic E-state index is 14.9. The standard InChI is InChI=1S/C21H29FN4O4S/c1-3-4-19(31)23-12-16-13-26(21(28)30-16)15-5-6-18(17(22)11-15)24-7-9-25(10-8-24)20(27)14-29-2/h5-6,11,16H,3-4,7-10,12-14H2,1-2H3,(H,23,31). The van der Waals surface area contributed by atoms with Gasteiger partial charge in [-0.25, -0.2) is 9.18 Å². The second kappa shape index (κ2) is 10.7. The number of rotatable bonds is 8. The first kappa shape index (κ1) is 23.2. The highest BCUT2D eigenvalue weighted by Crippen LogP contribution is 2.28. The lowest BCUT2D eigenvalue weighted by Crippen LogP contribution is -2.50. The lowest BCUT2D eigenvalue weighted by atomic mass is 10.2. The molecule has 0 saturated carbocycles. The van der Waals surface area contributed by atoms with Crippen LogP contribution >= 0.6 is 12.2 Å². The molecule has 8 nitrogen and oxygen atoms in total. The SMILES string of the molecule is CCCC(=S)NCC1CN(c2ccc(N3CCN(C(=O)COC)CC3)c(F)c2)C(=O)O1. The number of carbonyl (C=O) groups excluding carboxylic acids is 2. The van der Waals surface area contributed by atoms with E-state index >= 15 is 0 Å². The molecule has 2 saturated heterocycles. The predicted octanol–water partition coefficient (Wildman–Crippen LogP) is 2.16. The van der Waals surface area contributed by atoms with Gasteiger partial charge in [-0.3, -0.25) is 9.69 Å². The Morgan fingerprint density at radius 2 is 2.06 bits per heavy atom. The van der Waals surface area contributed by atoms with Crippen LogP contribution in [-0.4, -0.2) is 81.0 Å². The summed E-state index contributed by atoms with van der Waals surface area (Å²) in [5, 5.41) is 3.11. The average Bonchev–Trinajstić information content (AvgIpc) is 3.13. The summed E-state index contributed by atoms with van der Waals surface area (Å²) < 4.78 is 25.1. The van der Waals surface area contributed by atoms with Crippen LogP contribution in [0.25, 0.3) is 0 Å². The fraction of sp³-hybridized carbons (Fsp3) is 0.571. The fourth-order valence-electron chi connectivity index (χ4n) is 3.71. The molecule has 2 aliphatic heterocycles. The molecule has 31 heavy (non-hydrogen) atoms. The van der Waals surface area contributed by atoms with Crippen LogP contribution in [0, 0.1) is 5.82 Å². The minimum atomic E-state index is -0.495. The minimum Gasteiger partial charge on any atom is -0.442 e. The second-order valence-corrected chi connectivity index (χ2v) is 8.10. The molecule has 1 aromatic carbocycles. The average molecular weight is 453 g/mol. The van der Waals surface area contributed by atoms with Crippen molar-refractivity contribution in [2.24, 2.45) is 0 Å². The maximum absolute atomic E-state index is 14.9. The number of benzene rings is 1. The molecule has 10 heteroatoms. The Morgan fingerprint density at radius 3 is 2.71 bits per heavy atom.